The van der Waals surface area contributed by atoms with Crippen molar-refractivity contribution in [1.29, 1.82) is 0 Å². The van der Waals surface area contributed by atoms with E-state index < -0.39 is 0 Å². The molecular formula is C20H24O4. The van der Waals surface area contributed by atoms with Gasteiger partial charge in [0.05, 0.1) is 7.11 Å². The van der Waals surface area contributed by atoms with Crippen LogP contribution in [-0.4, -0.2) is 23.1 Å². The summed E-state index contributed by atoms with van der Waals surface area (Å²) in [5, 5.41) is 19.9. The molecule has 0 radical (unpaired) electrons. The summed E-state index contributed by atoms with van der Waals surface area (Å²) >= 11 is 0. The number of Topliss-reactive ketones (excluding diaryl/α,β-unsaturated/α-hetero) is 1. The molecule has 0 atom stereocenters. The molecule has 0 aliphatic heterocycles. The van der Waals surface area contributed by atoms with Gasteiger partial charge in [0.1, 0.15) is 5.75 Å². The monoisotopic (exact) mass is 328 g/mol. The highest BCUT2D eigenvalue weighted by Crippen LogP contribution is 2.36. The molecule has 0 spiro atoms. The highest BCUT2D eigenvalue weighted by atomic mass is 16.5. The third-order valence-corrected chi connectivity index (χ3v) is 4.12. The highest BCUT2D eigenvalue weighted by molar-refractivity contribution is 5.95. The molecule has 0 saturated heterocycles. The Morgan fingerprint density at radius 2 is 1.67 bits per heavy atom. The van der Waals surface area contributed by atoms with Gasteiger partial charge in [-0.3, -0.25) is 4.79 Å². The first-order valence-corrected chi connectivity index (χ1v) is 8.29. The Labute approximate surface area is 142 Å². The third kappa shape index (κ3) is 4.75. The Balaban J connectivity index is 1.71. The van der Waals surface area contributed by atoms with Crippen molar-refractivity contribution in [2.75, 3.05) is 7.11 Å². The quantitative estimate of drug-likeness (QED) is 0.526. The van der Waals surface area contributed by atoms with Crippen molar-refractivity contribution in [1.82, 2.24) is 0 Å². The molecule has 0 amide bonds. The van der Waals surface area contributed by atoms with Gasteiger partial charge < -0.3 is 14.9 Å². The topological polar surface area (TPSA) is 66.8 Å². The van der Waals surface area contributed by atoms with E-state index in [9.17, 15) is 15.0 Å². The van der Waals surface area contributed by atoms with E-state index in [1.807, 2.05) is 30.3 Å². The highest BCUT2D eigenvalue weighted by Gasteiger charge is 2.12. The first-order chi connectivity index (χ1) is 11.6. The van der Waals surface area contributed by atoms with Crippen LogP contribution >= 0.6 is 0 Å². The van der Waals surface area contributed by atoms with Crippen LogP contribution in [0, 0.1) is 0 Å². The molecule has 4 nitrogen and oxygen atoms in total. The Kier molecular flexibility index (Phi) is 6.67. The fourth-order valence-corrected chi connectivity index (χ4v) is 2.72. The van der Waals surface area contributed by atoms with E-state index in [0.29, 0.717) is 24.2 Å². The Morgan fingerprint density at radius 3 is 2.38 bits per heavy atom. The van der Waals surface area contributed by atoms with Crippen molar-refractivity contribution in [2.24, 2.45) is 0 Å². The summed E-state index contributed by atoms with van der Waals surface area (Å²) in [5.41, 5.74) is 1.29. The summed E-state index contributed by atoms with van der Waals surface area (Å²) in [6, 6.07) is 12.4. The fraction of sp³-hybridized carbons (Fsp3) is 0.350. The van der Waals surface area contributed by atoms with Crippen molar-refractivity contribution in [3.05, 3.63) is 53.6 Å². The first kappa shape index (κ1) is 17.9. The van der Waals surface area contributed by atoms with E-state index >= 15 is 0 Å². The van der Waals surface area contributed by atoms with E-state index in [4.69, 9.17) is 4.74 Å². The number of ketones is 1. The van der Waals surface area contributed by atoms with E-state index in [1.54, 1.807) is 6.07 Å². The van der Waals surface area contributed by atoms with Crippen molar-refractivity contribution in [3.8, 4) is 17.2 Å². The predicted octanol–water partition coefficient (Wildman–Crippen LogP) is 4.48. The second-order valence-electron chi connectivity index (χ2n) is 5.82. The van der Waals surface area contributed by atoms with Crippen LogP contribution in [0.1, 0.15) is 48.0 Å². The molecule has 0 unspecified atom stereocenters. The zero-order valence-electron chi connectivity index (χ0n) is 14.0. The number of hydrogen-bond acceptors (Lipinski definition) is 4. The summed E-state index contributed by atoms with van der Waals surface area (Å²) in [7, 11) is 1.49. The maximum atomic E-state index is 12.0. The summed E-state index contributed by atoms with van der Waals surface area (Å²) < 4.78 is 5.06. The van der Waals surface area contributed by atoms with Gasteiger partial charge >= 0.3 is 0 Å². The summed E-state index contributed by atoms with van der Waals surface area (Å²) in [6.07, 6.45) is 4.72. The third-order valence-electron chi connectivity index (χ3n) is 4.12. The SMILES string of the molecule is COc1ccc(O)c(CCCCCCC(=O)c2ccccc2)c1O. The summed E-state index contributed by atoms with van der Waals surface area (Å²) in [4.78, 5) is 12.0. The predicted molar refractivity (Wildman–Crippen MR) is 93.9 cm³/mol. The average molecular weight is 328 g/mol. The molecule has 0 bridgehead atoms. The summed E-state index contributed by atoms with van der Waals surface area (Å²) in [6.45, 7) is 0. The van der Waals surface area contributed by atoms with Gasteiger partial charge in [0.2, 0.25) is 0 Å². The van der Waals surface area contributed by atoms with E-state index in [0.717, 1.165) is 31.2 Å². The Hall–Kier alpha value is -2.49. The van der Waals surface area contributed by atoms with Gasteiger partial charge in [-0.25, -0.2) is 0 Å². The number of methoxy groups -OCH3 is 1. The number of hydrogen-bond donors (Lipinski definition) is 2. The molecule has 0 aliphatic rings. The molecule has 2 rings (SSSR count). The van der Waals surface area contributed by atoms with Crippen molar-refractivity contribution in [3.63, 3.8) is 0 Å². The van der Waals surface area contributed by atoms with Crippen molar-refractivity contribution < 1.29 is 19.7 Å². The number of carbonyl (C=O) groups is 1. The minimum Gasteiger partial charge on any atom is -0.508 e. The zero-order valence-corrected chi connectivity index (χ0v) is 14.0. The van der Waals surface area contributed by atoms with Crippen LogP contribution in [0.15, 0.2) is 42.5 Å². The van der Waals surface area contributed by atoms with Gasteiger partial charge in [0, 0.05) is 17.5 Å². The molecule has 0 aliphatic carbocycles. The summed E-state index contributed by atoms with van der Waals surface area (Å²) in [5.74, 6) is 0.652. The zero-order chi connectivity index (χ0) is 17.4. The largest absolute Gasteiger partial charge is 0.508 e. The van der Waals surface area contributed by atoms with E-state index in [1.165, 1.54) is 13.2 Å². The van der Waals surface area contributed by atoms with Crippen molar-refractivity contribution in [2.45, 2.75) is 38.5 Å². The van der Waals surface area contributed by atoms with Crippen LogP contribution in [0.5, 0.6) is 17.2 Å². The molecule has 4 heteroatoms. The molecule has 0 aromatic heterocycles. The number of benzene rings is 2. The van der Waals surface area contributed by atoms with Gasteiger partial charge in [-0.2, -0.15) is 0 Å². The molecule has 0 fully saturated rings. The molecular weight excluding hydrogens is 304 g/mol. The smallest absolute Gasteiger partial charge is 0.164 e. The van der Waals surface area contributed by atoms with Crippen LogP contribution in [0.3, 0.4) is 0 Å². The standard InChI is InChI=1S/C20H24O4/c1-24-19-14-13-18(22)16(20(19)23)11-7-2-3-8-12-17(21)15-9-5-4-6-10-15/h4-6,9-10,13-14,22-23H,2-3,7-8,11-12H2,1H3. The second-order valence-corrected chi connectivity index (χ2v) is 5.82. The molecule has 0 heterocycles. The second kappa shape index (κ2) is 8.96. The van der Waals surface area contributed by atoms with Gasteiger partial charge in [0.15, 0.2) is 17.3 Å². The van der Waals surface area contributed by atoms with Gasteiger partial charge in [-0.15, -0.1) is 0 Å². The van der Waals surface area contributed by atoms with Crippen LogP contribution in [0.2, 0.25) is 0 Å². The van der Waals surface area contributed by atoms with Gasteiger partial charge in [0.25, 0.3) is 0 Å². The van der Waals surface area contributed by atoms with Crippen LogP contribution in [0.4, 0.5) is 0 Å². The van der Waals surface area contributed by atoms with E-state index in [-0.39, 0.29) is 17.3 Å². The lowest BCUT2D eigenvalue weighted by Crippen LogP contribution is -1.98. The maximum absolute atomic E-state index is 12.0. The van der Waals surface area contributed by atoms with E-state index in [2.05, 4.69) is 0 Å². The van der Waals surface area contributed by atoms with Gasteiger partial charge in [-0.05, 0) is 31.4 Å². The lowest BCUT2D eigenvalue weighted by Gasteiger charge is -2.10. The number of phenols is 2. The Bertz CT molecular complexity index is 665. The lowest BCUT2D eigenvalue weighted by atomic mass is 10.0. The molecule has 24 heavy (non-hydrogen) atoms. The van der Waals surface area contributed by atoms with Crippen LogP contribution < -0.4 is 4.74 Å². The normalized spacial score (nSPS) is 10.5. The van der Waals surface area contributed by atoms with Crippen LogP contribution in [0.25, 0.3) is 0 Å². The fourth-order valence-electron chi connectivity index (χ4n) is 2.72. The van der Waals surface area contributed by atoms with Crippen LogP contribution in [-0.2, 0) is 6.42 Å². The molecule has 0 saturated carbocycles. The molecule has 2 aromatic rings. The average Bonchev–Trinajstić information content (AvgIpc) is 2.61. The molecule has 2 N–H and O–H groups in total. The van der Waals surface area contributed by atoms with Crippen molar-refractivity contribution >= 4 is 5.78 Å². The maximum Gasteiger partial charge on any atom is 0.164 e. The Morgan fingerprint density at radius 1 is 0.958 bits per heavy atom. The molecule has 2 aromatic carbocycles. The number of phenolic OH excluding ortho intramolecular Hbond substituents is 2. The number of rotatable bonds is 9. The number of carbonyl (C=O) groups excluding carboxylic acids is 1. The lowest BCUT2D eigenvalue weighted by molar-refractivity contribution is 0.0979. The number of unbranched alkanes of at least 4 members (excludes halogenated alkanes) is 3. The minimum absolute atomic E-state index is 0.0109. The van der Waals surface area contributed by atoms with Gasteiger partial charge in [-0.1, -0.05) is 43.2 Å². The number of ether oxygens (including phenoxy) is 1. The minimum atomic E-state index is 0.0109. The molecule has 128 valence electrons. The number of aromatic hydroxyl groups is 2. The first-order valence-electron chi connectivity index (χ1n) is 8.29.